The molecule has 0 aromatic carbocycles. The highest BCUT2D eigenvalue weighted by molar-refractivity contribution is 7.99. The fourth-order valence-corrected chi connectivity index (χ4v) is 1.89. The number of hydrogen-bond acceptors (Lipinski definition) is 5. The Hall–Kier alpha value is -0.590. The van der Waals surface area contributed by atoms with Gasteiger partial charge in [0, 0.05) is 0 Å². The van der Waals surface area contributed by atoms with E-state index < -0.39 is 18.1 Å². The van der Waals surface area contributed by atoms with E-state index in [4.69, 9.17) is 16.6 Å². The van der Waals surface area contributed by atoms with Crippen molar-refractivity contribution in [1.29, 1.82) is 0 Å². The van der Waals surface area contributed by atoms with Crippen LogP contribution in [0.3, 0.4) is 0 Å². The van der Waals surface area contributed by atoms with Crippen LogP contribution < -0.4 is 11.5 Å². The van der Waals surface area contributed by atoms with Crippen molar-refractivity contribution in [3.05, 3.63) is 0 Å². The van der Waals surface area contributed by atoms with Crippen LogP contribution in [0.2, 0.25) is 0 Å². The van der Waals surface area contributed by atoms with Crippen molar-refractivity contribution in [2.24, 2.45) is 11.5 Å². The largest absolute Gasteiger partial charge is 0.480 e. The average molecular weight is 234 g/mol. The molecule has 0 heterocycles. The van der Waals surface area contributed by atoms with Gasteiger partial charge in [-0.2, -0.15) is 11.8 Å². The van der Waals surface area contributed by atoms with Crippen molar-refractivity contribution < 1.29 is 14.7 Å². The Bertz CT molecular complexity index is 201. The van der Waals surface area contributed by atoms with Crippen molar-refractivity contribution in [2.75, 3.05) is 11.5 Å². The van der Waals surface area contributed by atoms with E-state index in [9.17, 15) is 9.59 Å². The first-order valence-electron chi connectivity index (χ1n) is 4.77. The number of carboxylic acids is 1. The minimum atomic E-state index is -0.976. The van der Waals surface area contributed by atoms with Gasteiger partial charge in [0.2, 0.25) is 0 Å². The second-order valence-electron chi connectivity index (χ2n) is 3.35. The number of rotatable bonds is 8. The lowest BCUT2D eigenvalue weighted by molar-refractivity contribution is -0.138. The summed E-state index contributed by atoms with van der Waals surface area (Å²) in [6.45, 7) is 1.47. The molecule has 0 aliphatic rings. The Balaban J connectivity index is 3.40. The third kappa shape index (κ3) is 7.35. The Labute approximate surface area is 93.6 Å². The summed E-state index contributed by atoms with van der Waals surface area (Å²) >= 11 is 1.57. The Kier molecular flexibility index (Phi) is 7.37. The number of thioether (sulfide) groups is 1. The van der Waals surface area contributed by atoms with Crippen LogP contribution in [0, 0.1) is 0 Å². The number of ketones is 1. The Morgan fingerprint density at radius 1 is 1.20 bits per heavy atom. The first-order valence-corrected chi connectivity index (χ1v) is 5.92. The van der Waals surface area contributed by atoms with E-state index >= 15 is 0 Å². The molecule has 6 heteroatoms. The summed E-state index contributed by atoms with van der Waals surface area (Å²) in [6.07, 6.45) is 1.07. The van der Waals surface area contributed by atoms with Gasteiger partial charge in [0.25, 0.3) is 0 Å². The molecule has 0 aliphatic heterocycles. The lowest BCUT2D eigenvalue weighted by atomic mass is 10.2. The van der Waals surface area contributed by atoms with Crippen molar-refractivity contribution in [3.8, 4) is 0 Å². The molecule has 0 aromatic rings. The zero-order valence-corrected chi connectivity index (χ0v) is 9.63. The van der Waals surface area contributed by atoms with E-state index in [1.54, 1.807) is 11.8 Å². The monoisotopic (exact) mass is 234 g/mol. The molecule has 5 N–H and O–H groups in total. The fraction of sp³-hybridized carbons (Fsp3) is 0.778. The lowest BCUT2D eigenvalue weighted by Crippen LogP contribution is -2.31. The zero-order chi connectivity index (χ0) is 11.8. The Morgan fingerprint density at radius 3 is 2.07 bits per heavy atom. The molecule has 0 amide bonds. The standard InChI is InChI=1S/C9H18N2O3S/c1-6(12)7(10)2-4-15-5-3-8(11)9(13)14/h7-8H,2-5,10-11H2,1H3,(H,13,14). The molecule has 2 unspecified atom stereocenters. The number of Topliss-reactive ketones (excluding diaryl/α,β-unsaturated/α-hetero) is 1. The van der Waals surface area contributed by atoms with E-state index in [1.165, 1.54) is 6.92 Å². The van der Waals surface area contributed by atoms with Crippen LogP contribution in [0.15, 0.2) is 0 Å². The normalized spacial score (nSPS) is 14.6. The molecule has 5 nitrogen and oxygen atoms in total. The maximum Gasteiger partial charge on any atom is 0.320 e. The fourth-order valence-electron chi connectivity index (χ4n) is 0.849. The number of hydrogen-bond donors (Lipinski definition) is 3. The van der Waals surface area contributed by atoms with E-state index in [-0.39, 0.29) is 5.78 Å². The van der Waals surface area contributed by atoms with Crippen LogP contribution in [0.25, 0.3) is 0 Å². The number of carbonyl (C=O) groups is 2. The minimum absolute atomic E-state index is 0.0159. The third-order valence-electron chi connectivity index (χ3n) is 1.99. The van der Waals surface area contributed by atoms with Gasteiger partial charge in [-0.05, 0) is 31.3 Å². The topological polar surface area (TPSA) is 106 Å². The van der Waals surface area contributed by atoms with Crippen LogP contribution in [0.5, 0.6) is 0 Å². The van der Waals surface area contributed by atoms with Crippen LogP contribution >= 0.6 is 11.8 Å². The van der Waals surface area contributed by atoms with Gasteiger partial charge >= 0.3 is 5.97 Å². The molecule has 0 saturated heterocycles. The van der Waals surface area contributed by atoms with Crippen molar-refractivity contribution in [2.45, 2.75) is 31.8 Å². The molecular formula is C9H18N2O3S. The summed E-state index contributed by atoms with van der Waals surface area (Å²) in [5, 5.41) is 8.50. The summed E-state index contributed by atoms with van der Waals surface area (Å²) in [6, 6.07) is -1.19. The molecule has 0 aliphatic carbocycles. The smallest absolute Gasteiger partial charge is 0.320 e. The molecule has 0 aromatic heterocycles. The van der Waals surface area contributed by atoms with E-state index in [0.717, 1.165) is 5.75 Å². The van der Waals surface area contributed by atoms with E-state index in [0.29, 0.717) is 18.6 Å². The van der Waals surface area contributed by atoms with Gasteiger partial charge < -0.3 is 16.6 Å². The van der Waals surface area contributed by atoms with E-state index in [1.807, 2.05) is 0 Å². The van der Waals surface area contributed by atoms with Gasteiger partial charge in [-0.25, -0.2) is 0 Å². The molecule has 0 spiro atoms. The molecule has 0 fully saturated rings. The van der Waals surface area contributed by atoms with Crippen molar-refractivity contribution in [3.63, 3.8) is 0 Å². The van der Waals surface area contributed by atoms with Crippen LogP contribution in [0.1, 0.15) is 19.8 Å². The quantitative estimate of drug-likeness (QED) is 0.503. The molecule has 15 heavy (non-hydrogen) atoms. The predicted molar refractivity (Wildman–Crippen MR) is 60.8 cm³/mol. The average Bonchev–Trinajstić information content (AvgIpc) is 2.16. The number of carboxylic acid groups (broad SMARTS) is 1. The summed E-state index contributed by atoms with van der Waals surface area (Å²) in [4.78, 5) is 21.1. The number of carbonyl (C=O) groups excluding carboxylic acids is 1. The zero-order valence-electron chi connectivity index (χ0n) is 8.81. The lowest BCUT2D eigenvalue weighted by Gasteiger charge is -2.08. The molecule has 2 atom stereocenters. The van der Waals surface area contributed by atoms with Crippen LogP contribution in [-0.4, -0.2) is 40.4 Å². The van der Waals surface area contributed by atoms with Crippen molar-refractivity contribution in [1.82, 2.24) is 0 Å². The maximum absolute atomic E-state index is 10.8. The molecule has 0 rings (SSSR count). The number of aliphatic carboxylic acids is 1. The van der Waals surface area contributed by atoms with Gasteiger partial charge in [-0.1, -0.05) is 0 Å². The predicted octanol–water partition coefficient (Wildman–Crippen LogP) is -0.172. The summed E-state index contributed by atoms with van der Waals surface area (Å²) in [7, 11) is 0. The molecular weight excluding hydrogens is 216 g/mol. The second kappa shape index (κ2) is 7.67. The summed E-state index contributed by atoms with van der Waals surface area (Å²) in [5.74, 6) is 0.444. The Morgan fingerprint density at radius 2 is 1.67 bits per heavy atom. The van der Waals surface area contributed by atoms with Gasteiger partial charge in [0.15, 0.2) is 0 Å². The highest BCUT2D eigenvalue weighted by Crippen LogP contribution is 2.07. The SMILES string of the molecule is CC(=O)C(N)CCSCCC(N)C(=O)O. The number of nitrogens with two attached hydrogens (primary N) is 2. The highest BCUT2D eigenvalue weighted by atomic mass is 32.2. The summed E-state index contributed by atoms with van der Waals surface area (Å²) in [5.41, 5.74) is 10.8. The third-order valence-corrected chi connectivity index (χ3v) is 3.03. The molecule has 88 valence electrons. The van der Waals surface area contributed by atoms with E-state index in [2.05, 4.69) is 0 Å². The van der Waals surface area contributed by atoms with Gasteiger partial charge in [0.05, 0.1) is 6.04 Å². The minimum Gasteiger partial charge on any atom is -0.480 e. The first-order chi connectivity index (χ1) is 6.95. The maximum atomic E-state index is 10.8. The van der Waals surface area contributed by atoms with Crippen LogP contribution in [0.4, 0.5) is 0 Å². The van der Waals surface area contributed by atoms with Crippen LogP contribution in [-0.2, 0) is 9.59 Å². The van der Waals surface area contributed by atoms with Gasteiger partial charge in [-0.15, -0.1) is 0 Å². The molecule has 0 bridgehead atoms. The van der Waals surface area contributed by atoms with Gasteiger partial charge in [0.1, 0.15) is 11.8 Å². The second-order valence-corrected chi connectivity index (χ2v) is 4.58. The van der Waals surface area contributed by atoms with Crippen molar-refractivity contribution >= 4 is 23.5 Å². The summed E-state index contributed by atoms with van der Waals surface area (Å²) < 4.78 is 0. The molecule has 0 radical (unpaired) electrons. The molecule has 0 saturated carbocycles. The highest BCUT2D eigenvalue weighted by Gasteiger charge is 2.11. The first kappa shape index (κ1) is 14.4. The van der Waals surface area contributed by atoms with Gasteiger partial charge in [-0.3, -0.25) is 9.59 Å².